The van der Waals surface area contributed by atoms with Crippen molar-refractivity contribution in [2.24, 2.45) is 0 Å². The van der Waals surface area contributed by atoms with Gasteiger partial charge < -0.3 is 0 Å². The Labute approximate surface area is 116 Å². The van der Waals surface area contributed by atoms with Crippen LogP contribution in [0.1, 0.15) is 25.6 Å². The molecule has 6 heteroatoms. The topological polar surface area (TPSA) is 25.8 Å². The fourth-order valence-electron chi connectivity index (χ4n) is 1.56. The van der Waals surface area contributed by atoms with Crippen LogP contribution in [0.3, 0.4) is 0 Å². The van der Waals surface area contributed by atoms with Gasteiger partial charge in [0.25, 0.3) is 0 Å². The second-order valence-electron chi connectivity index (χ2n) is 4.31. The van der Waals surface area contributed by atoms with E-state index in [1.54, 1.807) is 0 Å². The normalized spacial score (nSPS) is 11.1. The molecule has 1 heterocycles. The van der Waals surface area contributed by atoms with E-state index in [0.29, 0.717) is 10.4 Å². The first-order valence-electron chi connectivity index (χ1n) is 5.58. The zero-order valence-corrected chi connectivity index (χ0v) is 11.8. The molecule has 2 rings (SSSR count). The van der Waals surface area contributed by atoms with Crippen molar-refractivity contribution in [2.45, 2.75) is 19.8 Å². The van der Waals surface area contributed by atoms with Crippen molar-refractivity contribution in [1.29, 1.82) is 0 Å². The van der Waals surface area contributed by atoms with Crippen LogP contribution in [0.4, 0.5) is 13.2 Å². The molecule has 0 bridgehead atoms. The van der Waals surface area contributed by atoms with Crippen LogP contribution in [0.15, 0.2) is 22.8 Å². The lowest BCUT2D eigenvalue weighted by Crippen LogP contribution is -2.02. The smallest absolute Gasteiger partial charge is 0.195 e. The molecule has 100 valence electrons. The minimum Gasteiger partial charge on any atom is -0.232 e. The van der Waals surface area contributed by atoms with Gasteiger partial charge in [-0.1, -0.05) is 13.8 Å². The van der Waals surface area contributed by atoms with E-state index in [9.17, 15) is 13.2 Å². The highest BCUT2D eigenvalue weighted by atomic mass is 79.9. The van der Waals surface area contributed by atoms with Crippen LogP contribution in [-0.2, 0) is 0 Å². The summed E-state index contributed by atoms with van der Waals surface area (Å²) in [6, 6.07) is 3.49. The van der Waals surface area contributed by atoms with Crippen molar-refractivity contribution in [1.82, 2.24) is 9.97 Å². The molecule has 0 fully saturated rings. The molecule has 2 aromatic rings. The minimum absolute atomic E-state index is 0.0320. The van der Waals surface area contributed by atoms with Gasteiger partial charge in [0.05, 0.1) is 5.69 Å². The molecule has 0 aliphatic rings. The minimum atomic E-state index is -1.50. The van der Waals surface area contributed by atoms with Crippen molar-refractivity contribution in [3.63, 3.8) is 0 Å². The Kier molecular flexibility index (Phi) is 3.89. The van der Waals surface area contributed by atoms with Gasteiger partial charge in [-0.15, -0.1) is 0 Å². The quantitative estimate of drug-likeness (QED) is 0.600. The molecule has 0 saturated heterocycles. The molecule has 2 nitrogen and oxygen atoms in total. The van der Waals surface area contributed by atoms with E-state index < -0.39 is 17.5 Å². The molecule has 1 aromatic heterocycles. The Morgan fingerprint density at radius 1 is 1.05 bits per heavy atom. The van der Waals surface area contributed by atoms with E-state index in [0.717, 1.165) is 12.1 Å². The molecule has 0 saturated carbocycles. The maximum absolute atomic E-state index is 13.7. The first-order chi connectivity index (χ1) is 8.90. The predicted octanol–water partition coefficient (Wildman–Crippen LogP) is 4.45. The lowest BCUT2D eigenvalue weighted by atomic mass is 10.1. The number of halogens is 4. The average molecular weight is 331 g/mol. The predicted molar refractivity (Wildman–Crippen MR) is 69.1 cm³/mol. The Hall–Kier alpha value is -1.43. The van der Waals surface area contributed by atoms with Gasteiger partial charge in [0.1, 0.15) is 10.4 Å². The third-order valence-electron chi connectivity index (χ3n) is 2.54. The van der Waals surface area contributed by atoms with E-state index in [1.807, 2.05) is 13.8 Å². The van der Waals surface area contributed by atoms with E-state index in [2.05, 4.69) is 25.9 Å². The summed E-state index contributed by atoms with van der Waals surface area (Å²) in [7, 11) is 0. The summed E-state index contributed by atoms with van der Waals surface area (Å²) < 4.78 is 40.3. The van der Waals surface area contributed by atoms with Crippen LogP contribution in [-0.4, -0.2) is 9.97 Å². The lowest BCUT2D eigenvalue weighted by molar-refractivity contribution is 0.448. The molecule has 0 aliphatic heterocycles. The van der Waals surface area contributed by atoms with Gasteiger partial charge in [0.15, 0.2) is 17.5 Å². The van der Waals surface area contributed by atoms with Crippen LogP contribution < -0.4 is 0 Å². The summed E-state index contributed by atoms with van der Waals surface area (Å²) >= 11 is 3.19. The molecule has 0 amide bonds. The monoisotopic (exact) mass is 330 g/mol. The van der Waals surface area contributed by atoms with Gasteiger partial charge in [-0.25, -0.2) is 23.1 Å². The molecule has 0 radical (unpaired) electrons. The average Bonchev–Trinajstić information content (AvgIpc) is 2.35. The fraction of sp³-hybridized carbons (Fsp3) is 0.231. The van der Waals surface area contributed by atoms with Crippen molar-refractivity contribution < 1.29 is 13.2 Å². The van der Waals surface area contributed by atoms with E-state index >= 15 is 0 Å². The number of hydrogen-bond acceptors (Lipinski definition) is 2. The van der Waals surface area contributed by atoms with Crippen molar-refractivity contribution in [3.8, 4) is 11.3 Å². The summed E-state index contributed by atoms with van der Waals surface area (Å²) in [4.78, 5) is 8.31. The zero-order valence-electron chi connectivity index (χ0n) is 10.2. The van der Waals surface area contributed by atoms with E-state index in [4.69, 9.17) is 0 Å². The molecule has 0 unspecified atom stereocenters. The van der Waals surface area contributed by atoms with Crippen LogP contribution >= 0.6 is 15.9 Å². The highest BCUT2D eigenvalue weighted by Gasteiger charge is 2.17. The van der Waals surface area contributed by atoms with Gasteiger partial charge in [-0.2, -0.15) is 0 Å². The summed E-state index contributed by atoms with van der Waals surface area (Å²) in [5, 5.41) is 0. The summed E-state index contributed by atoms with van der Waals surface area (Å²) in [6.45, 7) is 3.76. The van der Waals surface area contributed by atoms with Gasteiger partial charge in [-0.05, 0) is 34.1 Å². The Morgan fingerprint density at radius 3 is 2.37 bits per heavy atom. The fourth-order valence-corrected chi connectivity index (χ4v) is 1.95. The summed E-state index contributed by atoms with van der Waals surface area (Å²) in [5.41, 5.74) is 0.117. The molecule has 0 aliphatic carbocycles. The highest BCUT2D eigenvalue weighted by Crippen LogP contribution is 2.27. The first-order valence-corrected chi connectivity index (χ1v) is 6.37. The molecular weight excluding hydrogens is 321 g/mol. The molecule has 0 atom stereocenters. The number of nitrogens with zero attached hydrogens (tertiary/aromatic N) is 2. The van der Waals surface area contributed by atoms with Gasteiger partial charge in [0.2, 0.25) is 0 Å². The van der Waals surface area contributed by atoms with Gasteiger partial charge >= 0.3 is 0 Å². The zero-order chi connectivity index (χ0) is 14.2. The lowest BCUT2D eigenvalue weighted by Gasteiger charge is -2.09. The number of hydrogen-bond donors (Lipinski definition) is 0. The summed E-state index contributed by atoms with van der Waals surface area (Å²) in [6.07, 6.45) is 0. The van der Waals surface area contributed by atoms with Crippen LogP contribution in [0.5, 0.6) is 0 Å². The van der Waals surface area contributed by atoms with Gasteiger partial charge in [-0.3, -0.25) is 0 Å². The van der Waals surface area contributed by atoms with Crippen molar-refractivity contribution >= 4 is 15.9 Å². The molecule has 19 heavy (non-hydrogen) atoms. The number of rotatable bonds is 2. The molecule has 1 aromatic carbocycles. The van der Waals surface area contributed by atoms with Crippen molar-refractivity contribution in [3.05, 3.63) is 46.1 Å². The third kappa shape index (κ3) is 2.78. The third-order valence-corrected chi connectivity index (χ3v) is 2.95. The van der Waals surface area contributed by atoms with Crippen LogP contribution in [0, 0.1) is 17.5 Å². The highest BCUT2D eigenvalue weighted by molar-refractivity contribution is 9.10. The molecule has 0 spiro atoms. The Bertz CT molecular complexity index is 630. The first kappa shape index (κ1) is 14.0. The van der Waals surface area contributed by atoms with Crippen molar-refractivity contribution in [2.75, 3.05) is 0 Å². The standard InChI is InChI=1S/C13H10BrF3N2/c1-6(2)13-18-9(5-10(14)19-13)7-3-4-8(15)12(17)11(7)16/h3-6H,1-2H3. The number of benzene rings is 1. The summed E-state index contributed by atoms with van der Waals surface area (Å²) in [5.74, 6) is -3.45. The van der Waals surface area contributed by atoms with Crippen LogP contribution in [0.2, 0.25) is 0 Å². The molecule has 0 N–H and O–H groups in total. The SMILES string of the molecule is CC(C)c1nc(Br)cc(-c2ccc(F)c(F)c2F)n1. The second-order valence-corrected chi connectivity index (χ2v) is 5.12. The maximum Gasteiger partial charge on any atom is 0.195 e. The van der Waals surface area contributed by atoms with E-state index in [1.165, 1.54) is 6.07 Å². The maximum atomic E-state index is 13.7. The van der Waals surface area contributed by atoms with Crippen LogP contribution in [0.25, 0.3) is 11.3 Å². The molecular formula is C13H10BrF3N2. The Balaban J connectivity index is 2.62. The van der Waals surface area contributed by atoms with Gasteiger partial charge in [0, 0.05) is 11.5 Å². The number of aromatic nitrogens is 2. The second kappa shape index (κ2) is 5.28. The largest absolute Gasteiger partial charge is 0.232 e. The Morgan fingerprint density at radius 2 is 1.74 bits per heavy atom. The van der Waals surface area contributed by atoms with E-state index in [-0.39, 0.29) is 17.2 Å².